The standard InChI is InChI=1S/C14H17N3OS/c15-12(19)7-14(5-6-14)9-17-8-13(18)16-10-3-1-2-4-11(10)17/h1-4H,5-9H2,(H2,15,19)(H,16,18). The fourth-order valence-electron chi connectivity index (χ4n) is 2.79. The Kier molecular flexibility index (Phi) is 2.93. The van der Waals surface area contributed by atoms with Gasteiger partial charge in [-0.1, -0.05) is 24.4 Å². The molecule has 1 aromatic rings. The van der Waals surface area contributed by atoms with Crippen molar-refractivity contribution >= 4 is 34.5 Å². The number of anilines is 2. The number of nitrogens with zero attached hydrogens (tertiary/aromatic N) is 1. The van der Waals surface area contributed by atoms with Crippen molar-refractivity contribution in [3.63, 3.8) is 0 Å². The summed E-state index contributed by atoms with van der Waals surface area (Å²) in [6.45, 7) is 1.27. The monoisotopic (exact) mass is 275 g/mol. The van der Waals surface area contributed by atoms with Gasteiger partial charge >= 0.3 is 0 Å². The highest BCUT2D eigenvalue weighted by Crippen LogP contribution is 2.50. The van der Waals surface area contributed by atoms with Crippen molar-refractivity contribution in [1.82, 2.24) is 0 Å². The summed E-state index contributed by atoms with van der Waals surface area (Å²) in [6, 6.07) is 7.92. The van der Waals surface area contributed by atoms with E-state index in [9.17, 15) is 4.79 Å². The maximum Gasteiger partial charge on any atom is 0.243 e. The van der Waals surface area contributed by atoms with Gasteiger partial charge in [-0.2, -0.15) is 0 Å². The first-order chi connectivity index (χ1) is 9.08. The number of carbonyl (C=O) groups is 1. The number of hydrogen-bond donors (Lipinski definition) is 2. The van der Waals surface area contributed by atoms with Crippen LogP contribution in [-0.2, 0) is 4.79 Å². The van der Waals surface area contributed by atoms with E-state index in [0.29, 0.717) is 11.5 Å². The van der Waals surface area contributed by atoms with E-state index in [2.05, 4.69) is 10.2 Å². The number of amides is 1. The van der Waals surface area contributed by atoms with Crippen molar-refractivity contribution in [3.8, 4) is 0 Å². The Labute approximate surface area is 118 Å². The summed E-state index contributed by atoms with van der Waals surface area (Å²) in [4.78, 5) is 14.5. The summed E-state index contributed by atoms with van der Waals surface area (Å²) in [5.74, 6) is 0.0461. The van der Waals surface area contributed by atoms with E-state index in [1.807, 2.05) is 24.3 Å². The smallest absolute Gasteiger partial charge is 0.243 e. The SMILES string of the molecule is NC(=S)CC1(CN2CC(=O)Nc3ccccc32)CC1. The minimum Gasteiger partial charge on any atom is -0.393 e. The minimum absolute atomic E-state index is 0.0461. The van der Waals surface area contributed by atoms with Crippen LogP contribution in [0.4, 0.5) is 11.4 Å². The fourth-order valence-corrected chi connectivity index (χ4v) is 3.09. The van der Waals surface area contributed by atoms with Crippen molar-refractivity contribution < 1.29 is 4.79 Å². The zero-order valence-corrected chi connectivity index (χ0v) is 11.5. The van der Waals surface area contributed by atoms with Crippen LogP contribution < -0.4 is 16.0 Å². The molecule has 5 heteroatoms. The van der Waals surface area contributed by atoms with Gasteiger partial charge < -0.3 is 16.0 Å². The average molecular weight is 275 g/mol. The van der Waals surface area contributed by atoms with Crippen LogP contribution in [0.5, 0.6) is 0 Å². The second kappa shape index (κ2) is 4.49. The van der Waals surface area contributed by atoms with Gasteiger partial charge in [-0.25, -0.2) is 0 Å². The molecule has 0 radical (unpaired) electrons. The summed E-state index contributed by atoms with van der Waals surface area (Å²) in [6.07, 6.45) is 3.07. The normalized spacial score (nSPS) is 19.6. The Morgan fingerprint density at radius 1 is 1.42 bits per heavy atom. The molecule has 1 amide bonds. The number of nitrogens with two attached hydrogens (primary N) is 1. The third kappa shape index (κ3) is 2.56. The molecule has 1 aliphatic heterocycles. The zero-order chi connectivity index (χ0) is 13.5. The van der Waals surface area contributed by atoms with E-state index in [1.54, 1.807) is 0 Å². The molecule has 3 rings (SSSR count). The van der Waals surface area contributed by atoms with Crippen LogP contribution in [0.3, 0.4) is 0 Å². The lowest BCUT2D eigenvalue weighted by atomic mass is 10.0. The number of thiocarbonyl (C=S) groups is 1. The van der Waals surface area contributed by atoms with E-state index in [-0.39, 0.29) is 11.3 Å². The molecule has 0 bridgehead atoms. The van der Waals surface area contributed by atoms with Gasteiger partial charge in [0.15, 0.2) is 0 Å². The lowest BCUT2D eigenvalue weighted by Crippen LogP contribution is -2.42. The molecule has 1 aromatic carbocycles. The van der Waals surface area contributed by atoms with E-state index >= 15 is 0 Å². The molecule has 0 saturated heterocycles. The van der Waals surface area contributed by atoms with Gasteiger partial charge in [0.05, 0.1) is 22.9 Å². The summed E-state index contributed by atoms with van der Waals surface area (Å²) in [7, 11) is 0. The van der Waals surface area contributed by atoms with Gasteiger partial charge in [-0.3, -0.25) is 4.79 Å². The molecule has 0 unspecified atom stereocenters. The van der Waals surface area contributed by atoms with Crippen molar-refractivity contribution in [2.45, 2.75) is 19.3 Å². The molecule has 4 nitrogen and oxygen atoms in total. The molecule has 0 aromatic heterocycles. The van der Waals surface area contributed by atoms with Gasteiger partial charge in [0.25, 0.3) is 0 Å². The highest BCUT2D eigenvalue weighted by Gasteiger charge is 2.45. The topological polar surface area (TPSA) is 58.4 Å². The lowest BCUT2D eigenvalue weighted by molar-refractivity contribution is -0.115. The molecule has 0 atom stereocenters. The maximum absolute atomic E-state index is 11.8. The minimum atomic E-state index is 0.0461. The number of benzene rings is 1. The number of rotatable bonds is 4. The van der Waals surface area contributed by atoms with Crippen molar-refractivity contribution in [2.24, 2.45) is 11.1 Å². The van der Waals surface area contributed by atoms with Gasteiger partial charge in [-0.05, 0) is 30.4 Å². The molecule has 19 heavy (non-hydrogen) atoms. The van der Waals surface area contributed by atoms with E-state index in [4.69, 9.17) is 18.0 Å². The van der Waals surface area contributed by atoms with E-state index < -0.39 is 0 Å². The Bertz CT molecular complexity index is 539. The molecular formula is C14H17N3OS. The van der Waals surface area contributed by atoms with Gasteiger partial charge in [0.2, 0.25) is 5.91 Å². The van der Waals surface area contributed by atoms with E-state index in [0.717, 1.165) is 37.2 Å². The Balaban J connectivity index is 1.82. The fraction of sp³-hybridized carbons (Fsp3) is 0.429. The molecule has 0 spiro atoms. The van der Waals surface area contributed by atoms with Crippen molar-refractivity contribution in [1.29, 1.82) is 0 Å². The number of hydrogen-bond acceptors (Lipinski definition) is 3. The van der Waals surface area contributed by atoms with Crippen LogP contribution in [0.25, 0.3) is 0 Å². The second-order valence-corrected chi connectivity index (χ2v) is 6.09. The average Bonchev–Trinajstić information content (AvgIpc) is 3.07. The first kappa shape index (κ1) is 12.4. The van der Waals surface area contributed by atoms with Crippen LogP contribution in [0, 0.1) is 5.41 Å². The van der Waals surface area contributed by atoms with Crippen LogP contribution >= 0.6 is 12.2 Å². The number of fused-ring (bicyclic) bond motifs is 1. The Morgan fingerprint density at radius 3 is 2.84 bits per heavy atom. The molecule has 1 heterocycles. The van der Waals surface area contributed by atoms with Crippen LogP contribution in [0.1, 0.15) is 19.3 Å². The molecular weight excluding hydrogens is 258 g/mol. The van der Waals surface area contributed by atoms with Crippen LogP contribution in [0.15, 0.2) is 24.3 Å². The highest BCUT2D eigenvalue weighted by atomic mass is 32.1. The first-order valence-electron chi connectivity index (χ1n) is 6.50. The molecule has 1 fully saturated rings. The molecule has 3 N–H and O–H groups in total. The lowest BCUT2D eigenvalue weighted by Gasteiger charge is -2.33. The van der Waals surface area contributed by atoms with Crippen molar-refractivity contribution in [3.05, 3.63) is 24.3 Å². The number of nitrogens with one attached hydrogen (secondary N) is 1. The van der Waals surface area contributed by atoms with Crippen molar-refractivity contribution in [2.75, 3.05) is 23.3 Å². The molecule has 100 valence electrons. The van der Waals surface area contributed by atoms with Gasteiger partial charge in [0, 0.05) is 13.0 Å². The number of para-hydroxylation sites is 2. The molecule has 1 saturated carbocycles. The Hall–Kier alpha value is -1.62. The third-order valence-corrected chi connectivity index (χ3v) is 4.03. The van der Waals surface area contributed by atoms with Gasteiger partial charge in [-0.15, -0.1) is 0 Å². The van der Waals surface area contributed by atoms with Gasteiger partial charge in [0.1, 0.15) is 0 Å². The predicted octanol–water partition coefficient (Wildman–Crippen LogP) is 1.90. The molecule has 2 aliphatic rings. The molecule has 1 aliphatic carbocycles. The summed E-state index contributed by atoms with van der Waals surface area (Å²) in [5.41, 5.74) is 7.86. The predicted molar refractivity (Wildman–Crippen MR) is 80.4 cm³/mol. The third-order valence-electron chi connectivity index (χ3n) is 3.89. The first-order valence-corrected chi connectivity index (χ1v) is 6.91. The summed E-state index contributed by atoms with van der Waals surface area (Å²) >= 11 is 5.03. The quantitative estimate of drug-likeness (QED) is 0.824. The second-order valence-electron chi connectivity index (χ2n) is 5.56. The Morgan fingerprint density at radius 2 is 2.16 bits per heavy atom. The number of carbonyl (C=O) groups excluding carboxylic acids is 1. The summed E-state index contributed by atoms with van der Waals surface area (Å²) < 4.78 is 0. The largest absolute Gasteiger partial charge is 0.393 e. The van der Waals surface area contributed by atoms with Crippen LogP contribution in [-0.4, -0.2) is 24.0 Å². The van der Waals surface area contributed by atoms with E-state index in [1.165, 1.54) is 0 Å². The van der Waals surface area contributed by atoms with Crippen LogP contribution in [0.2, 0.25) is 0 Å². The maximum atomic E-state index is 11.8. The zero-order valence-electron chi connectivity index (χ0n) is 10.7. The summed E-state index contributed by atoms with van der Waals surface area (Å²) in [5, 5.41) is 2.91. The highest BCUT2D eigenvalue weighted by molar-refractivity contribution is 7.80.